The molecule has 3 N–H and O–H groups in total. The zero-order chi connectivity index (χ0) is 22.9. The van der Waals surface area contributed by atoms with Crippen LogP contribution in [-0.2, 0) is 6.54 Å². The molecule has 32 heavy (non-hydrogen) atoms. The van der Waals surface area contributed by atoms with E-state index in [1.54, 1.807) is 6.20 Å². The van der Waals surface area contributed by atoms with Crippen molar-refractivity contribution in [3.8, 4) is 0 Å². The van der Waals surface area contributed by atoms with Gasteiger partial charge in [-0.2, -0.15) is 0 Å². The van der Waals surface area contributed by atoms with Crippen LogP contribution in [0.3, 0.4) is 0 Å². The SMILES string of the molecule is CN/C(=N\[N+](=O)[O-])NCc1cnc(Cl)s1.Cc1cc(C2CC2)nc(Nc2ccccc2)n1. The molecule has 0 amide bonds. The maximum atomic E-state index is 10.1. The number of nitrogens with zero attached hydrogens (tertiary/aromatic N) is 5. The van der Waals surface area contributed by atoms with Gasteiger partial charge >= 0.3 is 0 Å². The van der Waals surface area contributed by atoms with E-state index in [1.807, 2.05) is 37.3 Å². The number of halogens is 1. The van der Waals surface area contributed by atoms with E-state index in [9.17, 15) is 10.1 Å². The van der Waals surface area contributed by atoms with Crippen LogP contribution in [0.1, 0.15) is 35.0 Å². The number of para-hydroxylation sites is 1. The summed E-state index contributed by atoms with van der Waals surface area (Å²) in [4.78, 5) is 23.8. The van der Waals surface area contributed by atoms with Gasteiger partial charge in [0.05, 0.1) is 6.54 Å². The number of nitrogens with one attached hydrogen (secondary N) is 3. The number of nitro groups is 1. The van der Waals surface area contributed by atoms with Crippen molar-refractivity contribution in [1.82, 2.24) is 25.6 Å². The lowest BCUT2D eigenvalue weighted by atomic mass is 10.2. The molecule has 1 aliphatic carbocycles. The number of benzene rings is 1. The molecule has 4 rings (SSSR count). The molecule has 1 saturated carbocycles. The van der Waals surface area contributed by atoms with E-state index in [1.165, 1.54) is 36.9 Å². The minimum atomic E-state index is -0.779. The van der Waals surface area contributed by atoms with Crippen LogP contribution in [0.25, 0.3) is 0 Å². The standard InChI is InChI=1S/C14H15N3.C6H8ClN5O2S/c1-10-9-13(11-7-8-11)17-14(15-10)16-12-5-3-2-4-6-12;1-8-6(11-12(13)14)10-3-4-2-9-5(7)15-4/h2-6,9,11H,7-8H2,1H3,(H,15,16,17);2H,3H2,1H3,(H2,8,10,11). The highest BCUT2D eigenvalue weighted by atomic mass is 35.5. The summed E-state index contributed by atoms with van der Waals surface area (Å²) in [7, 11) is 1.54. The summed E-state index contributed by atoms with van der Waals surface area (Å²) in [5.41, 5.74) is 3.23. The van der Waals surface area contributed by atoms with Gasteiger partial charge in [0, 0.05) is 41.1 Å². The molecule has 2 heterocycles. The van der Waals surface area contributed by atoms with E-state index in [4.69, 9.17) is 11.6 Å². The quantitative estimate of drug-likeness (QED) is 0.211. The van der Waals surface area contributed by atoms with Crippen molar-refractivity contribution in [1.29, 1.82) is 0 Å². The third kappa shape index (κ3) is 7.75. The first-order chi connectivity index (χ1) is 15.4. The fourth-order valence-corrected chi connectivity index (χ4v) is 3.60. The lowest BCUT2D eigenvalue weighted by Crippen LogP contribution is -2.34. The number of hydrogen-bond acceptors (Lipinski definition) is 7. The fourth-order valence-electron chi connectivity index (χ4n) is 2.68. The molecular weight excluding hydrogens is 452 g/mol. The van der Waals surface area contributed by atoms with Gasteiger partial charge in [-0.15, -0.1) is 11.3 Å². The Balaban J connectivity index is 0.000000183. The molecule has 1 aliphatic rings. The molecular formula is C20H23ClN8O2S. The van der Waals surface area contributed by atoms with Gasteiger partial charge in [-0.3, -0.25) is 0 Å². The summed E-state index contributed by atoms with van der Waals surface area (Å²) < 4.78 is 0.434. The monoisotopic (exact) mass is 474 g/mol. The van der Waals surface area contributed by atoms with Gasteiger partial charge in [-0.25, -0.2) is 25.1 Å². The Morgan fingerprint density at radius 3 is 2.66 bits per heavy atom. The molecule has 0 spiro atoms. The minimum absolute atomic E-state index is 0.0875. The predicted molar refractivity (Wildman–Crippen MR) is 126 cm³/mol. The van der Waals surface area contributed by atoms with Gasteiger partial charge in [-0.1, -0.05) is 29.8 Å². The average molecular weight is 475 g/mol. The molecule has 0 bridgehead atoms. The van der Waals surface area contributed by atoms with Gasteiger partial charge in [0.25, 0.3) is 5.96 Å². The van der Waals surface area contributed by atoms with Crippen LogP contribution >= 0.6 is 22.9 Å². The maximum Gasteiger partial charge on any atom is 0.268 e. The number of hydrogen-bond donors (Lipinski definition) is 3. The van der Waals surface area contributed by atoms with Crippen molar-refractivity contribution < 1.29 is 5.03 Å². The lowest BCUT2D eigenvalue weighted by molar-refractivity contribution is -0.485. The number of rotatable bonds is 6. The topological polar surface area (TPSA) is 130 Å². The summed E-state index contributed by atoms with van der Waals surface area (Å²) >= 11 is 6.92. The Hall–Kier alpha value is -3.31. The number of anilines is 2. The van der Waals surface area contributed by atoms with E-state index in [0.29, 0.717) is 22.9 Å². The predicted octanol–water partition coefficient (Wildman–Crippen LogP) is 4.06. The average Bonchev–Trinajstić information content (AvgIpc) is 3.53. The van der Waals surface area contributed by atoms with E-state index in [0.717, 1.165) is 16.3 Å². The Labute approximate surface area is 194 Å². The molecule has 3 aromatic rings. The van der Waals surface area contributed by atoms with Crippen molar-refractivity contribution >= 4 is 40.5 Å². The second-order valence-electron chi connectivity index (χ2n) is 6.89. The molecule has 10 nitrogen and oxygen atoms in total. The summed E-state index contributed by atoms with van der Waals surface area (Å²) in [6.45, 7) is 2.40. The van der Waals surface area contributed by atoms with E-state index >= 15 is 0 Å². The molecule has 2 aromatic heterocycles. The smallest absolute Gasteiger partial charge is 0.268 e. The fraction of sp³-hybridized carbons (Fsp3) is 0.300. The van der Waals surface area contributed by atoms with Gasteiger partial charge < -0.3 is 16.0 Å². The largest absolute Gasteiger partial charge is 0.354 e. The number of hydrazone groups is 1. The van der Waals surface area contributed by atoms with Gasteiger partial charge in [0.2, 0.25) is 5.95 Å². The first kappa shape index (κ1) is 23.4. The lowest BCUT2D eigenvalue weighted by Gasteiger charge is -2.07. The molecule has 1 fully saturated rings. The Kier molecular flexibility index (Phi) is 8.28. The van der Waals surface area contributed by atoms with Crippen molar-refractivity contribution in [2.24, 2.45) is 5.10 Å². The van der Waals surface area contributed by atoms with E-state index in [-0.39, 0.29) is 5.96 Å². The number of guanidine groups is 1. The molecule has 168 valence electrons. The Morgan fingerprint density at radius 2 is 2.06 bits per heavy atom. The Bertz CT molecular complexity index is 1070. The first-order valence-electron chi connectivity index (χ1n) is 9.85. The number of aryl methyl sites for hydroxylation is 1. The molecule has 12 heteroatoms. The van der Waals surface area contributed by atoms with E-state index in [2.05, 4.69) is 42.1 Å². The highest BCUT2D eigenvalue weighted by molar-refractivity contribution is 7.15. The molecule has 1 aromatic carbocycles. The highest BCUT2D eigenvalue weighted by Crippen LogP contribution is 2.39. The van der Waals surface area contributed by atoms with Gasteiger partial charge in [0.15, 0.2) is 9.50 Å². The van der Waals surface area contributed by atoms with Gasteiger partial charge in [-0.05, 0) is 38.0 Å². The van der Waals surface area contributed by atoms with Crippen LogP contribution in [0.15, 0.2) is 47.7 Å². The number of thiazole rings is 1. The van der Waals surface area contributed by atoms with Gasteiger partial charge in [0.1, 0.15) is 5.10 Å². The molecule has 0 saturated heterocycles. The summed E-state index contributed by atoms with van der Waals surface area (Å²) in [5, 5.41) is 20.9. The van der Waals surface area contributed by atoms with Crippen molar-refractivity contribution in [2.75, 3.05) is 12.4 Å². The number of aromatic nitrogens is 3. The molecule has 0 unspecified atom stereocenters. The summed E-state index contributed by atoms with van der Waals surface area (Å²) in [6, 6.07) is 12.1. The normalized spacial score (nSPS) is 13.0. The zero-order valence-corrected chi connectivity index (χ0v) is 19.2. The van der Waals surface area contributed by atoms with Crippen LogP contribution in [0.5, 0.6) is 0 Å². The van der Waals surface area contributed by atoms with Crippen LogP contribution < -0.4 is 16.0 Å². The second-order valence-corrected chi connectivity index (χ2v) is 8.59. The molecule has 0 radical (unpaired) electrons. The second kappa shape index (κ2) is 11.3. The zero-order valence-electron chi connectivity index (χ0n) is 17.6. The third-order valence-electron chi connectivity index (χ3n) is 4.27. The van der Waals surface area contributed by atoms with Crippen molar-refractivity contribution in [3.05, 3.63) is 73.4 Å². The molecule has 0 atom stereocenters. The summed E-state index contributed by atoms with van der Waals surface area (Å²) in [6.07, 6.45) is 4.13. The van der Waals surface area contributed by atoms with Crippen LogP contribution in [-0.4, -0.2) is 33.0 Å². The Morgan fingerprint density at radius 1 is 1.31 bits per heavy atom. The van der Waals surface area contributed by atoms with Crippen LogP contribution in [0.4, 0.5) is 11.6 Å². The van der Waals surface area contributed by atoms with Crippen LogP contribution in [0, 0.1) is 17.0 Å². The first-order valence-corrected chi connectivity index (χ1v) is 11.0. The molecule has 0 aliphatic heterocycles. The van der Waals surface area contributed by atoms with Crippen LogP contribution in [0.2, 0.25) is 4.47 Å². The summed E-state index contributed by atoms with van der Waals surface area (Å²) in [5.74, 6) is 1.45. The maximum absolute atomic E-state index is 10.1. The minimum Gasteiger partial charge on any atom is -0.354 e. The highest BCUT2D eigenvalue weighted by Gasteiger charge is 2.25. The van der Waals surface area contributed by atoms with Crippen molar-refractivity contribution in [3.63, 3.8) is 0 Å². The van der Waals surface area contributed by atoms with Crippen molar-refractivity contribution in [2.45, 2.75) is 32.2 Å². The van der Waals surface area contributed by atoms with E-state index < -0.39 is 5.03 Å². The third-order valence-corrected chi connectivity index (χ3v) is 5.39.